The Hall–Kier alpha value is -6.10. The summed E-state index contributed by atoms with van der Waals surface area (Å²) in [5.41, 5.74) is 10.4. The molecule has 3 aliphatic heterocycles. The fourth-order valence-corrected chi connectivity index (χ4v) is 8.09. The number of aliphatic hydroxyl groups is 1. The third kappa shape index (κ3) is 17.2. The molecule has 1 unspecified atom stereocenters. The van der Waals surface area contributed by atoms with Gasteiger partial charge in [-0.1, -0.05) is 93.9 Å². The molecular weight excluding hydrogens is 990 g/mol. The molecule has 0 fully saturated rings. The number of ether oxygens (including phenoxy) is 2. The van der Waals surface area contributed by atoms with E-state index in [0.717, 1.165) is 58.4 Å². The van der Waals surface area contributed by atoms with Gasteiger partial charge in [-0.05, 0) is 117 Å². The molecular formula is C58H81Cl2N9O6. The lowest BCUT2D eigenvalue weighted by molar-refractivity contribution is -0.122. The topological polar surface area (TPSA) is 174 Å². The number of methoxy groups -OCH3 is 2. The van der Waals surface area contributed by atoms with E-state index in [1.54, 1.807) is 43.9 Å². The maximum atomic E-state index is 13.7. The maximum absolute atomic E-state index is 13.7. The van der Waals surface area contributed by atoms with Crippen LogP contribution in [-0.4, -0.2) is 109 Å². The van der Waals surface area contributed by atoms with E-state index in [2.05, 4.69) is 44.6 Å². The number of benzene rings is 2. The summed E-state index contributed by atoms with van der Waals surface area (Å²) >= 11 is 13.4. The lowest BCUT2D eigenvalue weighted by atomic mass is 9.94. The van der Waals surface area contributed by atoms with Crippen LogP contribution in [-0.2, 0) is 23.9 Å². The number of allylic oxidation sites excluding steroid dienone is 4. The molecule has 0 spiro atoms. The molecule has 3 heterocycles. The van der Waals surface area contributed by atoms with Gasteiger partial charge >= 0.3 is 0 Å². The van der Waals surface area contributed by atoms with E-state index in [1.165, 1.54) is 0 Å². The summed E-state index contributed by atoms with van der Waals surface area (Å²) < 4.78 is 10.3. The van der Waals surface area contributed by atoms with Crippen molar-refractivity contribution in [3.8, 4) is 0 Å². The Morgan fingerprint density at radius 1 is 0.867 bits per heavy atom. The van der Waals surface area contributed by atoms with Crippen molar-refractivity contribution >= 4 is 75.3 Å². The molecule has 0 saturated carbocycles. The SMILES string of the molecule is C/C=C1/C=C(c2ccc(C3=NC(C)ON3)cc2Cl)C(=O)N(CC)/C1=N/C(NCC(C)(C)O)=C(\C)CC.C=C(/N=C1\C(=C/C)C=C(c2ccc(C(N=C(C)OC)=C(C)CC)cc2Cl)C(=O)N1CC)NCCCOC.CC. The van der Waals surface area contributed by atoms with Crippen LogP contribution in [0.2, 0.25) is 10.0 Å². The predicted octanol–water partition coefficient (Wildman–Crippen LogP) is 11.8. The molecule has 0 aliphatic carbocycles. The summed E-state index contributed by atoms with van der Waals surface area (Å²) in [4.78, 5) is 54.4. The molecule has 75 heavy (non-hydrogen) atoms. The minimum atomic E-state index is -0.907. The second-order valence-electron chi connectivity index (χ2n) is 17.9. The standard InChI is InChI=1S/C29H39ClN4O3.C27H36ClN5O3.C2H6/c1-9-19(4)27(33-21(6)37-8)23-13-14-24(26(30)18-23)25-17-22(10-2)28(34(11-3)29(25)35)32-20(5)31-15-12-16-36-7;1-8-16(4)23(29-15-27(6,7)35)31-25-18(9-2)13-21(26(34)33(25)10-3)20-12-11-19(14-22(20)28)24-30-17(5)36-32-24;1-2/h10,13-14,17-18,31H,5,9,11-12,15-16H2,1-4,6-8H3;9,11-14,17,29,35H,8,10,15H2,1-7H3,(H,30,32);1-2H3/b22-10-,27-19?,32-28+,33-21?;18-9-,23-16+,31-25+;. The van der Waals surface area contributed by atoms with E-state index in [0.29, 0.717) is 100 Å². The summed E-state index contributed by atoms with van der Waals surface area (Å²) in [6.45, 7) is 33.5. The van der Waals surface area contributed by atoms with E-state index in [1.807, 2.05) is 131 Å². The zero-order chi connectivity index (χ0) is 56.2. The normalized spacial score (nSPS) is 18.8. The van der Waals surface area contributed by atoms with Gasteiger partial charge in [0.05, 0.1) is 18.4 Å². The third-order valence-corrected chi connectivity index (χ3v) is 12.6. The first-order valence-corrected chi connectivity index (χ1v) is 26.5. The molecule has 0 aromatic heterocycles. The summed E-state index contributed by atoms with van der Waals surface area (Å²) in [5, 5.41) is 17.6. The predicted molar refractivity (Wildman–Crippen MR) is 312 cm³/mol. The molecule has 2 aromatic carbocycles. The summed E-state index contributed by atoms with van der Waals surface area (Å²) in [6, 6.07) is 11.1. The number of carbonyl (C=O) groups is 2. The molecule has 0 bridgehead atoms. The van der Waals surface area contributed by atoms with Gasteiger partial charge in [0.1, 0.15) is 23.3 Å². The minimum absolute atomic E-state index is 0.164. The number of nitrogens with zero attached hydrogens (tertiary/aromatic N) is 6. The van der Waals surface area contributed by atoms with E-state index >= 15 is 0 Å². The van der Waals surface area contributed by atoms with Gasteiger partial charge in [-0.25, -0.2) is 30.3 Å². The number of carbonyl (C=O) groups excluding carboxylic acids is 2. The minimum Gasteiger partial charge on any atom is -0.484 e. The van der Waals surface area contributed by atoms with Crippen molar-refractivity contribution in [2.75, 3.05) is 47.0 Å². The van der Waals surface area contributed by atoms with E-state index in [-0.39, 0.29) is 18.0 Å². The highest BCUT2D eigenvalue weighted by Crippen LogP contribution is 2.35. The molecule has 0 radical (unpaired) electrons. The molecule has 408 valence electrons. The lowest BCUT2D eigenvalue weighted by Crippen LogP contribution is -2.42. The fourth-order valence-electron chi connectivity index (χ4n) is 7.53. The molecule has 2 amide bonds. The highest BCUT2D eigenvalue weighted by atomic mass is 35.5. The van der Waals surface area contributed by atoms with Crippen molar-refractivity contribution < 1.29 is 29.0 Å². The molecule has 2 aromatic rings. The zero-order valence-electron chi connectivity index (χ0n) is 47.1. The van der Waals surface area contributed by atoms with Crippen LogP contribution in [0.1, 0.15) is 138 Å². The number of amidine groups is 3. The molecule has 5 rings (SSSR count). The van der Waals surface area contributed by atoms with Gasteiger partial charge in [0.25, 0.3) is 11.8 Å². The smallest absolute Gasteiger partial charge is 0.260 e. The molecule has 0 saturated heterocycles. The monoisotopic (exact) mass is 1070 g/mol. The van der Waals surface area contributed by atoms with Crippen LogP contribution in [0, 0.1) is 0 Å². The second-order valence-corrected chi connectivity index (χ2v) is 18.8. The van der Waals surface area contributed by atoms with Crippen LogP contribution in [0.3, 0.4) is 0 Å². The number of hydrogen-bond acceptors (Lipinski definition) is 13. The molecule has 1 atom stereocenters. The van der Waals surface area contributed by atoms with Crippen molar-refractivity contribution in [2.45, 2.75) is 128 Å². The molecule has 3 aliphatic rings. The van der Waals surface area contributed by atoms with Crippen LogP contribution >= 0.6 is 23.2 Å². The first kappa shape index (κ1) is 63.2. The van der Waals surface area contributed by atoms with Gasteiger partial charge < -0.3 is 25.2 Å². The number of likely N-dealkylation sites (N-methyl/N-ethyl adjacent to an activating group) is 2. The summed E-state index contributed by atoms with van der Waals surface area (Å²) in [5.74, 6) is 3.08. The number of rotatable bonds is 19. The first-order chi connectivity index (χ1) is 35.7. The number of hydroxylamine groups is 1. The Kier molecular flexibility index (Phi) is 25.7. The number of nitrogens with one attached hydrogen (secondary N) is 3. The average molecular weight is 1070 g/mol. The number of halogens is 2. The Morgan fingerprint density at radius 3 is 1.87 bits per heavy atom. The lowest BCUT2D eigenvalue weighted by Gasteiger charge is -2.30. The van der Waals surface area contributed by atoms with Crippen LogP contribution < -0.4 is 16.1 Å². The molecule has 17 heteroatoms. The largest absolute Gasteiger partial charge is 0.484 e. The highest BCUT2D eigenvalue weighted by Gasteiger charge is 2.33. The Labute approximate surface area is 456 Å². The van der Waals surface area contributed by atoms with Gasteiger partial charge in [-0.15, -0.1) is 0 Å². The average Bonchev–Trinajstić information content (AvgIpc) is 3.84. The van der Waals surface area contributed by atoms with Gasteiger partial charge in [-0.3, -0.25) is 19.4 Å². The number of aliphatic imine (C=N–C) groups is 4. The quantitative estimate of drug-likeness (QED) is 0.0606. The van der Waals surface area contributed by atoms with Gasteiger partial charge in [-0.2, -0.15) is 0 Å². The van der Waals surface area contributed by atoms with Crippen molar-refractivity contribution in [2.24, 2.45) is 20.0 Å². The second kappa shape index (κ2) is 30.5. The van der Waals surface area contributed by atoms with Crippen LogP contribution in [0.5, 0.6) is 0 Å². The summed E-state index contributed by atoms with van der Waals surface area (Å²) in [6.07, 6.45) is 9.71. The fraction of sp³-hybridized carbons (Fsp3) is 0.448. The van der Waals surface area contributed by atoms with Crippen LogP contribution in [0.25, 0.3) is 16.8 Å². The third-order valence-electron chi connectivity index (χ3n) is 12.0. The molecule has 4 N–H and O–H groups in total. The van der Waals surface area contributed by atoms with E-state index in [9.17, 15) is 14.7 Å². The Morgan fingerprint density at radius 2 is 1.41 bits per heavy atom. The van der Waals surface area contributed by atoms with Gasteiger partial charge in [0.15, 0.2) is 18.0 Å². The Balaban J connectivity index is 0.000000383. The van der Waals surface area contributed by atoms with Gasteiger partial charge in [0.2, 0.25) is 0 Å². The highest BCUT2D eigenvalue weighted by molar-refractivity contribution is 6.39. The van der Waals surface area contributed by atoms with Crippen LogP contribution in [0.4, 0.5) is 0 Å². The number of hydrogen-bond donors (Lipinski definition) is 4. The van der Waals surface area contributed by atoms with Crippen molar-refractivity contribution in [1.29, 1.82) is 0 Å². The van der Waals surface area contributed by atoms with Crippen molar-refractivity contribution in [3.05, 3.63) is 134 Å². The van der Waals surface area contributed by atoms with Gasteiger partial charge in [0, 0.05) is 101 Å². The summed E-state index contributed by atoms with van der Waals surface area (Å²) in [7, 11) is 3.26. The Bertz CT molecular complexity index is 2700. The van der Waals surface area contributed by atoms with Crippen molar-refractivity contribution in [1.82, 2.24) is 25.9 Å². The number of amides is 2. The van der Waals surface area contributed by atoms with Crippen LogP contribution in [0.15, 0.2) is 121 Å². The zero-order valence-corrected chi connectivity index (χ0v) is 48.7. The molecule has 15 nitrogen and oxygen atoms in total. The first-order valence-electron chi connectivity index (χ1n) is 25.7. The van der Waals surface area contributed by atoms with E-state index in [4.69, 9.17) is 42.5 Å². The van der Waals surface area contributed by atoms with E-state index < -0.39 is 5.60 Å². The maximum Gasteiger partial charge on any atom is 0.260 e. The van der Waals surface area contributed by atoms with Crippen molar-refractivity contribution in [3.63, 3.8) is 0 Å².